The van der Waals surface area contributed by atoms with Crippen LogP contribution in [-0.2, 0) is 6.61 Å². The molecule has 0 unspecified atom stereocenters. The largest absolute Gasteiger partial charge is 0.489 e. The first-order chi connectivity index (χ1) is 9.47. The summed E-state index contributed by atoms with van der Waals surface area (Å²) < 4.78 is 7.06. The maximum Gasteiger partial charge on any atom is 0.123 e. The molecule has 0 aliphatic carbocycles. The van der Waals surface area contributed by atoms with E-state index in [-0.39, 0.29) is 0 Å². The number of halogens is 1. The molecule has 2 rings (SSSR count). The van der Waals surface area contributed by atoms with Gasteiger partial charge in [-0.3, -0.25) is 0 Å². The molecule has 2 aromatic carbocycles. The van der Waals surface area contributed by atoms with Crippen LogP contribution in [0.25, 0.3) is 0 Å². The molecule has 0 fully saturated rings. The lowest BCUT2D eigenvalue weighted by Gasteiger charge is -2.16. The van der Waals surface area contributed by atoms with Crippen molar-refractivity contribution in [1.82, 2.24) is 0 Å². The predicted molar refractivity (Wildman–Crippen MR) is 88.2 cm³/mol. The van der Waals surface area contributed by atoms with Crippen LogP contribution in [0, 0.1) is 6.92 Å². The number of ether oxygens (including phenoxy) is 1. The zero-order valence-electron chi connectivity index (χ0n) is 12.1. The smallest absolute Gasteiger partial charge is 0.123 e. The normalized spacial score (nSPS) is 10.8. The van der Waals surface area contributed by atoms with Crippen LogP contribution in [0.4, 0.5) is 5.69 Å². The second-order valence-electron chi connectivity index (χ2n) is 5.32. The Bertz CT molecular complexity index is 608. The van der Waals surface area contributed by atoms with Gasteiger partial charge in [0.2, 0.25) is 0 Å². The van der Waals surface area contributed by atoms with E-state index in [4.69, 9.17) is 10.5 Å². The van der Waals surface area contributed by atoms with E-state index in [1.807, 2.05) is 31.2 Å². The molecule has 0 aliphatic heterocycles. The Morgan fingerprint density at radius 1 is 1.20 bits per heavy atom. The van der Waals surface area contributed by atoms with E-state index < -0.39 is 0 Å². The molecule has 0 aliphatic rings. The fourth-order valence-corrected chi connectivity index (χ4v) is 2.53. The van der Waals surface area contributed by atoms with Crippen molar-refractivity contribution in [3.05, 3.63) is 57.6 Å². The molecule has 0 heterocycles. The van der Waals surface area contributed by atoms with Crippen molar-refractivity contribution < 1.29 is 4.74 Å². The van der Waals surface area contributed by atoms with Crippen LogP contribution in [0.1, 0.15) is 36.5 Å². The third-order valence-electron chi connectivity index (χ3n) is 3.30. The number of nitrogen functional groups attached to an aromatic ring is 1. The van der Waals surface area contributed by atoms with Crippen molar-refractivity contribution in [2.24, 2.45) is 0 Å². The molecule has 3 heteroatoms. The van der Waals surface area contributed by atoms with Gasteiger partial charge in [-0.25, -0.2) is 0 Å². The topological polar surface area (TPSA) is 35.2 Å². The number of benzene rings is 2. The van der Waals surface area contributed by atoms with Crippen LogP contribution in [-0.4, -0.2) is 0 Å². The zero-order chi connectivity index (χ0) is 14.7. The molecule has 106 valence electrons. The SMILES string of the molecule is Cc1cc(OCc2cccc(Br)c2)c(C(C)C)cc1N. The monoisotopic (exact) mass is 333 g/mol. The van der Waals surface area contributed by atoms with Gasteiger partial charge >= 0.3 is 0 Å². The highest BCUT2D eigenvalue weighted by atomic mass is 79.9. The summed E-state index contributed by atoms with van der Waals surface area (Å²) in [7, 11) is 0. The second-order valence-corrected chi connectivity index (χ2v) is 6.24. The molecule has 0 saturated heterocycles. The Hall–Kier alpha value is -1.48. The average molecular weight is 334 g/mol. The van der Waals surface area contributed by atoms with E-state index in [2.05, 4.69) is 41.9 Å². The standard InChI is InChI=1S/C17H20BrNO/c1-11(2)15-9-16(19)12(3)7-17(15)20-10-13-5-4-6-14(18)8-13/h4-9,11H,10,19H2,1-3H3. The first-order valence-electron chi connectivity index (χ1n) is 6.74. The van der Waals surface area contributed by atoms with Gasteiger partial charge in [0.1, 0.15) is 12.4 Å². The summed E-state index contributed by atoms with van der Waals surface area (Å²) in [5, 5.41) is 0. The van der Waals surface area contributed by atoms with Gasteiger partial charge in [0.25, 0.3) is 0 Å². The van der Waals surface area contributed by atoms with Crippen LogP contribution < -0.4 is 10.5 Å². The molecular weight excluding hydrogens is 314 g/mol. The predicted octanol–water partition coefficient (Wildman–Crippen LogP) is 5.04. The molecule has 0 aromatic heterocycles. The number of rotatable bonds is 4. The molecule has 0 spiro atoms. The van der Waals surface area contributed by atoms with Crippen LogP contribution in [0.3, 0.4) is 0 Å². The number of anilines is 1. The minimum Gasteiger partial charge on any atom is -0.489 e. The van der Waals surface area contributed by atoms with Gasteiger partial charge in [0.05, 0.1) is 0 Å². The van der Waals surface area contributed by atoms with Gasteiger partial charge in [-0.15, -0.1) is 0 Å². The van der Waals surface area contributed by atoms with Gasteiger partial charge in [-0.05, 0) is 53.8 Å². The average Bonchev–Trinajstić information content (AvgIpc) is 2.39. The van der Waals surface area contributed by atoms with E-state index in [9.17, 15) is 0 Å². The fraction of sp³-hybridized carbons (Fsp3) is 0.294. The molecule has 0 amide bonds. The zero-order valence-corrected chi connectivity index (χ0v) is 13.7. The Morgan fingerprint density at radius 2 is 1.95 bits per heavy atom. The quantitative estimate of drug-likeness (QED) is 0.795. The Labute approximate surface area is 129 Å². The van der Waals surface area contributed by atoms with Crippen molar-refractivity contribution in [1.29, 1.82) is 0 Å². The highest BCUT2D eigenvalue weighted by Gasteiger charge is 2.11. The van der Waals surface area contributed by atoms with Crippen molar-refractivity contribution in [2.75, 3.05) is 5.73 Å². The van der Waals surface area contributed by atoms with Gasteiger partial charge in [0, 0.05) is 10.2 Å². The summed E-state index contributed by atoms with van der Waals surface area (Å²) in [4.78, 5) is 0. The summed E-state index contributed by atoms with van der Waals surface area (Å²) >= 11 is 3.48. The molecule has 0 bridgehead atoms. The highest BCUT2D eigenvalue weighted by Crippen LogP contribution is 2.31. The van der Waals surface area contributed by atoms with Gasteiger partial charge in [-0.2, -0.15) is 0 Å². The van der Waals surface area contributed by atoms with E-state index in [1.54, 1.807) is 0 Å². The van der Waals surface area contributed by atoms with Crippen molar-refractivity contribution in [3.63, 3.8) is 0 Å². The summed E-state index contributed by atoms with van der Waals surface area (Å²) in [5.74, 6) is 1.31. The first-order valence-corrected chi connectivity index (χ1v) is 7.54. The molecule has 2 nitrogen and oxygen atoms in total. The van der Waals surface area contributed by atoms with Crippen molar-refractivity contribution in [3.8, 4) is 5.75 Å². The Balaban J connectivity index is 2.22. The van der Waals surface area contributed by atoms with Gasteiger partial charge < -0.3 is 10.5 Å². The Kier molecular flexibility index (Phi) is 4.71. The van der Waals surface area contributed by atoms with Gasteiger partial charge in [0.15, 0.2) is 0 Å². The van der Waals surface area contributed by atoms with Crippen LogP contribution in [0.15, 0.2) is 40.9 Å². The lowest BCUT2D eigenvalue weighted by molar-refractivity contribution is 0.301. The first kappa shape index (κ1) is 14.9. The minimum absolute atomic E-state index is 0.385. The summed E-state index contributed by atoms with van der Waals surface area (Å²) in [6.07, 6.45) is 0. The lowest BCUT2D eigenvalue weighted by atomic mass is 9.99. The minimum atomic E-state index is 0.385. The molecule has 0 atom stereocenters. The number of hydrogen-bond donors (Lipinski definition) is 1. The third kappa shape index (κ3) is 3.54. The summed E-state index contributed by atoms with van der Waals surface area (Å²) in [6, 6.07) is 12.2. The van der Waals surface area contributed by atoms with Crippen LogP contribution in [0.5, 0.6) is 5.75 Å². The van der Waals surface area contributed by atoms with E-state index >= 15 is 0 Å². The van der Waals surface area contributed by atoms with E-state index in [1.165, 1.54) is 0 Å². The number of nitrogens with two attached hydrogens (primary N) is 1. The van der Waals surface area contributed by atoms with Crippen LogP contribution >= 0.6 is 15.9 Å². The van der Waals surface area contributed by atoms with Crippen molar-refractivity contribution in [2.45, 2.75) is 33.3 Å². The van der Waals surface area contributed by atoms with E-state index in [0.717, 1.165) is 32.6 Å². The maximum atomic E-state index is 6.00. The second kappa shape index (κ2) is 6.31. The summed E-state index contributed by atoms with van der Waals surface area (Å²) in [5.41, 5.74) is 10.2. The Morgan fingerprint density at radius 3 is 2.60 bits per heavy atom. The highest BCUT2D eigenvalue weighted by molar-refractivity contribution is 9.10. The van der Waals surface area contributed by atoms with E-state index in [0.29, 0.717) is 12.5 Å². The third-order valence-corrected chi connectivity index (χ3v) is 3.80. The number of hydrogen-bond acceptors (Lipinski definition) is 2. The van der Waals surface area contributed by atoms with Gasteiger partial charge in [-0.1, -0.05) is 41.9 Å². The maximum absolute atomic E-state index is 6.00. The molecule has 2 N–H and O–H groups in total. The molecular formula is C17H20BrNO. The fourth-order valence-electron chi connectivity index (χ4n) is 2.08. The number of aryl methyl sites for hydroxylation is 1. The molecule has 0 radical (unpaired) electrons. The van der Waals surface area contributed by atoms with Crippen molar-refractivity contribution >= 4 is 21.6 Å². The molecule has 2 aromatic rings. The lowest BCUT2D eigenvalue weighted by Crippen LogP contribution is -2.02. The van der Waals surface area contributed by atoms with Crippen LogP contribution in [0.2, 0.25) is 0 Å². The molecule has 20 heavy (non-hydrogen) atoms. The molecule has 0 saturated carbocycles. The summed E-state index contributed by atoms with van der Waals surface area (Å²) in [6.45, 7) is 6.86.